The predicted molar refractivity (Wildman–Crippen MR) is 78.7 cm³/mol. The van der Waals surface area contributed by atoms with E-state index in [1.165, 1.54) is 4.40 Å². The zero-order valence-electron chi connectivity index (χ0n) is 11.7. The largest absolute Gasteiger partial charge is 0.396 e. The molecule has 2 aromatic heterocycles. The number of aliphatic hydroxyl groups is 1. The molecule has 0 aliphatic carbocycles. The third-order valence-corrected chi connectivity index (χ3v) is 3.29. The molecule has 0 aliphatic heterocycles. The van der Waals surface area contributed by atoms with Crippen LogP contribution in [0.4, 0.5) is 0 Å². The third-order valence-electron chi connectivity index (χ3n) is 3.29. The van der Waals surface area contributed by atoms with Crippen LogP contribution in [-0.2, 0) is 6.54 Å². The first-order chi connectivity index (χ1) is 9.70. The highest BCUT2D eigenvalue weighted by atomic mass is 16.3. The lowest BCUT2D eigenvalue weighted by atomic mass is 10.1. The van der Waals surface area contributed by atoms with Gasteiger partial charge in [0, 0.05) is 25.4 Å². The summed E-state index contributed by atoms with van der Waals surface area (Å²) < 4.78 is 1.53. The Bertz CT molecular complexity index is 609. The monoisotopic (exact) mass is 275 g/mol. The highest BCUT2D eigenvalue weighted by Gasteiger charge is 2.02. The molecule has 1 atom stereocenters. The molecule has 0 saturated carbocycles. The number of hydrogen-bond acceptors (Lipinski definition) is 4. The van der Waals surface area contributed by atoms with E-state index in [0.717, 1.165) is 25.1 Å². The van der Waals surface area contributed by atoms with Gasteiger partial charge in [-0.2, -0.15) is 0 Å². The van der Waals surface area contributed by atoms with Crippen LogP contribution in [0, 0.1) is 5.92 Å². The van der Waals surface area contributed by atoms with Crippen LogP contribution in [0.3, 0.4) is 0 Å². The molecule has 0 fully saturated rings. The predicted octanol–water partition coefficient (Wildman–Crippen LogP) is 1.19. The normalized spacial score (nSPS) is 12.7. The number of aromatic nitrogens is 2. The van der Waals surface area contributed by atoms with Crippen LogP contribution in [0.15, 0.2) is 35.3 Å². The van der Waals surface area contributed by atoms with Gasteiger partial charge in [-0.05, 0) is 37.4 Å². The van der Waals surface area contributed by atoms with Crippen LogP contribution in [-0.4, -0.2) is 27.6 Å². The second-order valence-corrected chi connectivity index (χ2v) is 5.12. The Balaban J connectivity index is 1.89. The minimum absolute atomic E-state index is 0.0543. The van der Waals surface area contributed by atoms with E-state index in [0.29, 0.717) is 18.1 Å². The molecule has 2 N–H and O–H groups in total. The lowest BCUT2D eigenvalue weighted by Gasteiger charge is -2.08. The Kier molecular flexibility index (Phi) is 5.26. The molecule has 0 saturated heterocycles. The number of rotatable bonds is 7. The fraction of sp³-hybridized carbons (Fsp3) is 0.467. The number of pyridine rings is 1. The van der Waals surface area contributed by atoms with E-state index in [4.69, 9.17) is 5.11 Å². The van der Waals surface area contributed by atoms with Gasteiger partial charge in [0.25, 0.3) is 5.56 Å². The van der Waals surface area contributed by atoms with Gasteiger partial charge < -0.3 is 10.4 Å². The van der Waals surface area contributed by atoms with Crippen molar-refractivity contribution in [2.45, 2.75) is 26.3 Å². The van der Waals surface area contributed by atoms with Crippen molar-refractivity contribution in [1.29, 1.82) is 0 Å². The maximum Gasteiger partial charge on any atom is 0.258 e. The van der Waals surface area contributed by atoms with Crippen LogP contribution < -0.4 is 10.9 Å². The molecule has 0 radical (unpaired) electrons. The number of fused-ring (bicyclic) bond motifs is 1. The number of aliphatic hydroxyl groups excluding tert-OH is 1. The molecule has 2 aromatic rings. The van der Waals surface area contributed by atoms with Gasteiger partial charge in [-0.1, -0.05) is 13.0 Å². The molecule has 1 unspecified atom stereocenters. The van der Waals surface area contributed by atoms with E-state index >= 15 is 0 Å². The zero-order valence-corrected chi connectivity index (χ0v) is 11.7. The summed E-state index contributed by atoms with van der Waals surface area (Å²) in [5.74, 6) is 0.347. The summed E-state index contributed by atoms with van der Waals surface area (Å²) in [7, 11) is 0. The minimum Gasteiger partial charge on any atom is -0.396 e. The highest BCUT2D eigenvalue weighted by molar-refractivity contribution is 5.37. The van der Waals surface area contributed by atoms with Gasteiger partial charge in [0.15, 0.2) is 0 Å². The van der Waals surface area contributed by atoms with Gasteiger partial charge >= 0.3 is 0 Å². The molecule has 5 nitrogen and oxygen atoms in total. The van der Waals surface area contributed by atoms with Crippen LogP contribution in [0.2, 0.25) is 0 Å². The SMILES string of the molecule is CC(CO)CCCNCc1cc(=O)n2ccccc2n1. The first-order valence-corrected chi connectivity index (χ1v) is 6.99. The van der Waals surface area contributed by atoms with E-state index in [2.05, 4.69) is 10.3 Å². The van der Waals surface area contributed by atoms with Gasteiger partial charge in [-0.25, -0.2) is 4.98 Å². The smallest absolute Gasteiger partial charge is 0.258 e. The second kappa shape index (κ2) is 7.17. The van der Waals surface area contributed by atoms with E-state index in [1.54, 1.807) is 12.3 Å². The van der Waals surface area contributed by atoms with Crippen molar-refractivity contribution in [2.75, 3.05) is 13.2 Å². The molecule has 0 spiro atoms. The molecule has 108 valence electrons. The molecular weight excluding hydrogens is 254 g/mol. The summed E-state index contributed by atoms with van der Waals surface area (Å²) in [5.41, 5.74) is 1.38. The number of nitrogens with zero attached hydrogens (tertiary/aromatic N) is 2. The van der Waals surface area contributed by atoms with Crippen molar-refractivity contribution >= 4 is 5.65 Å². The second-order valence-electron chi connectivity index (χ2n) is 5.12. The van der Waals surface area contributed by atoms with Gasteiger partial charge in [0.2, 0.25) is 0 Å². The third kappa shape index (κ3) is 3.88. The van der Waals surface area contributed by atoms with Gasteiger partial charge in [0.1, 0.15) is 5.65 Å². The lowest BCUT2D eigenvalue weighted by Crippen LogP contribution is -2.21. The Morgan fingerprint density at radius 1 is 1.45 bits per heavy atom. The van der Waals surface area contributed by atoms with E-state index in [9.17, 15) is 4.79 Å². The zero-order chi connectivity index (χ0) is 14.4. The summed E-state index contributed by atoms with van der Waals surface area (Å²) in [6.07, 6.45) is 3.73. The molecule has 0 amide bonds. The molecule has 2 rings (SSSR count). The summed E-state index contributed by atoms with van der Waals surface area (Å²) in [4.78, 5) is 16.3. The number of hydrogen-bond donors (Lipinski definition) is 2. The highest BCUT2D eigenvalue weighted by Crippen LogP contribution is 2.03. The Labute approximate surface area is 118 Å². The number of nitrogens with one attached hydrogen (secondary N) is 1. The molecule has 0 bridgehead atoms. The topological polar surface area (TPSA) is 66.6 Å². The molecule has 0 aromatic carbocycles. The molecule has 0 aliphatic rings. The maximum absolute atomic E-state index is 11.9. The summed E-state index contributed by atoms with van der Waals surface area (Å²) >= 11 is 0. The quantitative estimate of drug-likeness (QED) is 0.745. The van der Waals surface area contributed by atoms with Crippen molar-refractivity contribution in [1.82, 2.24) is 14.7 Å². The Morgan fingerprint density at radius 2 is 2.30 bits per heavy atom. The van der Waals surface area contributed by atoms with Gasteiger partial charge in [0.05, 0.1) is 5.69 Å². The first-order valence-electron chi connectivity index (χ1n) is 6.99. The lowest BCUT2D eigenvalue weighted by molar-refractivity contribution is 0.228. The van der Waals surface area contributed by atoms with E-state index in [1.807, 2.05) is 25.1 Å². The van der Waals surface area contributed by atoms with E-state index < -0.39 is 0 Å². The summed E-state index contributed by atoms with van der Waals surface area (Å²) in [6, 6.07) is 7.08. The van der Waals surface area contributed by atoms with Crippen LogP contribution in [0.25, 0.3) is 5.65 Å². The van der Waals surface area contributed by atoms with Gasteiger partial charge in [-0.3, -0.25) is 9.20 Å². The standard InChI is InChI=1S/C15H21N3O2/c1-12(11-19)5-4-7-16-10-13-9-15(20)18-8-3-2-6-14(18)17-13/h2-3,6,8-9,12,16,19H,4-5,7,10-11H2,1H3. The average Bonchev–Trinajstić information content (AvgIpc) is 2.46. The Hall–Kier alpha value is -1.72. The fourth-order valence-corrected chi connectivity index (χ4v) is 2.08. The van der Waals surface area contributed by atoms with E-state index in [-0.39, 0.29) is 12.2 Å². The van der Waals surface area contributed by atoms with Crippen LogP contribution in [0.1, 0.15) is 25.5 Å². The van der Waals surface area contributed by atoms with Crippen molar-refractivity contribution in [3.05, 3.63) is 46.5 Å². The van der Waals surface area contributed by atoms with Crippen LogP contribution >= 0.6 is 0 Å². The first kappa shape index (κ1) is 14.7. The summed E-state index contributed by atoms with van der Waals surface area (Å²) in [5, 5.41) is 12.2. The van der Waals surface area contributed by atoms with Crippen molar-refractivity contribution in [2.24, 2.45) is 5.92 Å². The van der Waals surface area contributed by atoms with Crippen molar-refractivity contribution in [3.63, 3.8) is 0 Å². The molecule has 2 heterocycles. The maximum atomic E-state index is 11.9. The fourth-order valence-electron chi connectivity index (χ4n) is 2.08. The van der Waals surface area contributed by atoms with Crippen molar-refractivity contribution in [3.8, 4) is 0 Å². The average molecular weight is 275 g/mol. The summed E-state index contributed by atoms with van der Waals surface area (Å²) in [6.45, 7) is 3.73. The molecular formula is C15H21N3O2. The van der Waals surface area contributed by atoms with Gasteiger partial charge in [-0.15, -0.1) is 0 Å². The van der Waals surface area contributed by atoms with Crippen LogP contribution in [0.5, 0.6) is 0 Å². The molecule has 20 heavy (non-hydrogen) atoms. The molecule has 5 heteroatoms. The minimum atomic E-state index is -0.0543. The van der Waals surface area contributed by atoms with Crippen molar-refractivity contribution < 1.29 is 5.11 Å². The Morgan fingerprint density at radius 3 is 3.10 bits per heavy atom.